The number of aromatic nitrogens is 3. The van der Waals surface area contributed by atoms with Gasteiger partial charge < -0.3 is 24.5 Å². The van der Waals surface area contributed by atoms with E-state index >= 15 is 0 Å². The molecule has 0 amide bonds. The second-order valence-electron chi connectivity index (χ2n) is 4.42. The van der Waals surface area contributed by atoms with Crippen LogP contribution in [0.2, 0.25) is 0 Å². The summed E-state index contributed by atoms with van der Waals surface area (Å²) in [5.41, 5.74) is -0.988. The number of ether oxygens (including phenoxy) is 1. The lowest BCUT2D eigenvalue weighted by Gasteiger charge is -2.11. The molecule has 0 aliphatic carbocycles. The standard InChI is InChI=1S/C10H11N3O7/c14-1-2-5(15)6(16)8(19-2)3-7-4(13-12-3)9(17)11-10(18)20-7/h2,5-6,8,14-16H,1H2,(H,12,13)(H,11,17,18)/t2-,5-,6-,8?/m1/s1. The Bertz CT molecular complexity index is 747. The Morgan fingerprint density at radius 3 is 2.65 bits per heavy atom. The van der Waals surface area contributed by atoms with Crippen LogP contribution in [0.5, 0.6) is 0 Å². The van der Waals surface area contributed by atoms with Crippen molar-refractivity contribution in [1.29, 1.82) is 0 Å². The van der Waals surface area contributed by atoms with Gasteiger partial charge in [0.1, 0.15) is 30.1 Å². The first-order valence-corrected chi connectivity index (χ1v) is 5.76. The summed E-state index contributed by atoms with van der Waals surface area (Å²) in [6.07, 6.45) is -4.80. The van der Waals surface area contributed by atoms with E-state index in [1.807, 2.05) is 4.98 Å². The largest absolute Gasteiger partial charge is 0.419 e. The van der Waals surface area contributed by atoms with Crippen molar-refractivity contribution < 1.29 is 24.5 Å². The van der Waals surface area contributed by atoms with E-state index in [2.05, 4.69) is 10.2 Å². The van der Waals surface area contributed by atoms with Crippen LogP contribution in [-0.4, -0.2) is 55.4 Å². The van der Waals surface area contributed by atoms with Crippen LogP contribution >= 0.6 is 0 Å². The number of hydrogen-bond donors (Lipinski definition) is 5. The molecule has 1 saturated heterocycles. The van der Waals surface area contributed by atoms with Crippen LogP contribution in [0.25, 0.3) is 11.1 Å². The second-order valence-corrected chi connectivity index (χ2v) is 4.42. The van der Waals surface area contributed by atoms with Gasteiger partial charge in [0.05, 0.1) is 6.61 Å². The molecular formula is C10H11N3O7. The fourth-order valence-electron chi connectivity index (χ4n) is 2.19. The SMILES string of the molecule is O=c1[nH]c(=O)c2[nH]nc(C3O[C@H](CO)[C@@H](O)[C@H]3O)c2o1. The van der Waals surface area contributed by atoms with Gasteiger partial charge in [-0.3, -0.25) is 14.9 Å². The molecule has 3 heterocycles. The number of fused-ring (bicyclic) bond motifs is 1. The molecule has 1 aliphatic heterocycles. The van der Waals surface area contributed by atoms with Crippen LogP contribution in [0, 0.1) is 0 Å². The average Bonchev–Trinajstić information content (AvgIpc) is 2.93. The Kier molecular flexibility index (Phi) is 2.94. The molecule has 0 bridgehead atoms. The summed E-state index contributed by atoms with van der Waals surface area (Å²) in [4.78, 5) is 24.6. The molecule has 1 fully saturated rings. The zero-order valence-electron chi connectivity index (χ0n) is 9.94. The summed E-state index contributed by atoms with van der Waals surface area (Å²) in [5, 5.41) is 34.7. The van der Waals surface area contributed by atoms with Gasteiger partial charge in [-0.05, 0) is 0 Å². The Morgan fingerprint density at radius 1 is 1.25 bits per heavy atom. The molecule has 1 aliphatic rings. The number of aliphatic hydroxyl groups excluding tert-OH is 3. The third-order valence-electron chi connectivity index (χ3n) is 3.20. The molecule has 4 atom stereocenters. The van der Waals surface area contributed by atoms with Gasteiger partial charge in [0.15, 0.2) is 11.1 Å². The van der Waals surface area contributed by atoms with Gasteiger partial charge in [-0.15, -0.1) is 0 Å². The van der Waals surface area contributed by atoms with Gasteiger partial charge >= 0.3 is 5.76 Å². The van der Waals surface area contributed by atoms with Gasteiger partial charge in [0.25, 0.3) is 5.56 Å². The highest BCUT2D eigenvalue weighted by Crippen LogP contribution is 2.34. The third-order valence-corrected chi connectivity index (χ3v) is 3.20. The maximum atomic E-state index is 11.5. The van der Waals surface area contributed by atoms with Crippen molar-refractivity contribution in [2.45, 2.75) is 24.4 Å². The molecule has 2 aromatic heterocycles. The van der Waals surface area contributed by atoms with Crippen LogP contribution in [0.1, 0.15) is 11.8 Å². The van der Waals surface area contributed by atoms with Crippen molar-refractivity contribution in [3.8, 4) is 0 Å². The summed E-state index contributed by atoms with van der Waals surface area (Å²) in [7, 11) is 0. The smallest absolute Gasteiger partial charge is 0.405 e. The molecule has 1 unspecified atom stereocenters. The van der Waals surface area contributed by atoms with Crippen molar-refractivity contribution in [3.05, 3.63) is 26.6 Å². The molecule has 0 aromatic carbocycles. The van der Waals surface area contributed by atoms with Crippen molar-refractivity contribution in [3.63, 3.8) is 0 Å². The zero-order chi connectivity index (χ0) is 14.4. The first-order valence-electron chi connectivity index (χ1n) is 5.76. The Morgan fingerprint density at radius 2 is 2.00 bits per heavy atom. The Labute approximate surface area is 109 Å². The van der Waals surface area contributed by atoms with Gasteiger partial charge in [0.2, 0.25) is 0 Å². The van der Waals surface area contributed by atoms with E-state index in [9.17, 15) is 19.8 Å². The summed E-state index contributed by atoms with van der Waals surface area (Å²) >= 11 is 0. The number of nitrogens with one attached hydrogen (secondary N) is 2. The molecule has 0 spiro atoms. The topological polar surface area (TPSA) is 162 Å². The van der Waals surface area contributed by atoms with Crippen molar-refractivity contribution in [1.82, 2.24) is 15.2 Å². The van der Waals surface area contributed by atoms with Gasteiger partial charge in [0, 0.05) is 0 Å². The molecule has 0 saturated carbocycles. The summed E-state index contributed by atoms with van der Waals surface area (Å²) < 4.78 is 10.1. The van der Waals surface area contributed by atoms with Crippen LogP contribution in [0.15, 0.2) is 14.0 Å². The second kappa shape index (κ2) is 4.52. The van der Waals surface area contributed by atoms with E-state index in [-0.39, 0.29) is 16.8 Å². The maximum absolute atomic E-state index is 11.5. The molecule has 10 nitrogen and oxygen atoms in total. The minimum Gasteiger partial charge on any atom is -0.405 e. The Balaban J connectivity index is 2.12. The van der Waals surface area contributed by atoms with Gasteiger partial charge in [-0.1, -0.05) is 0 Å². The molecule has 0 radical (unpaired) electrons. The number of nitrogens with zero attached hydrogens (tertiary/aromatic N) is 1. The Hall–Kier alpha value is -2.01. The van der Waals surface area contributed by atoms with Gasteiger partial charge in [-0.2, -0.15) is 5.10 Å². The van der Waals surface area contributed by atoms with E-state index in [4.69, 9.17) is 14.3 Å². The highest BCUT2D eigenvalue weighted by molar-refractivity contribution is 5.73. The molecule has 108 valence electrons. The predicted octanol–water partition coefficient (Wildman–Crippen LogP) is -2.64. The van der Waals surface area contributed by atoms with E-state index in [1.165, 1.54) is 0 Å². The van der Waals surface area contributed by atoms with Crippen LogP contribution in [0.3, 0.4) is 0 Å². The van der Waals surface area contributed by atoms with Crippen LogP contribution in [0.4, 0.5) is 0 Å². The predicted molar refractivity (Wildman–Crippen MR) is 62.0 cm³/mol. The van der Waals surface area contributed by atoms with E-state index in [0.29, 0.717) is 0 Å². The lowest BCUT2D eigenvalue weighted by atomic mass is 10.1. The van der Waals surface area contributed by atoms with Crippen LogP contribution in [-0.2, 0) is 4.74 Å². The lowest BCUT2D eigenvalue weighted by Crippen LogP contribution is -2.32. The number of aliphatic hydroxyl groups is 3. The molecule has 5 N–H and O–H groups in total. The third kappa shape index (κ3) is 1.78. The molecule has 2 aromatic rings. The first kappa shape index (κ1) is 13.0. The highest BCUT2D eigenvalue weighted by Gasteiger charge is 2.45. The summed E-state index contributed by atoms with van der Waals surface area (Å²) in [5.74, 6) is -0.975. The number of hydrogen-bond acceptors (Lipinski definition) is 8. The fraction of sp³-hybridized carbons (Fsp3) is 0.500. The van der Waals surface area contributed by atoms with Gasteiger partial charge in [-0.25, -0.2) is 4.79 Å². The van der Waals surface area contributed by atoms with Crippen molar-refractivity contribution >= 4 is 11.1 Å². The lowest BCUT2D eigenvalue weighted by molar-refractivity contribution is -0.0238. The first-order chi connectivity index (χ1) is 9.52. The monoisotopic (exact) mass is 285 g/mol. The normalized spacial score (nSPS) is 30.1. The van der Waals surface area contributed by atoms with E-state index in [1.54, 1.807) is 0 Å². The quantitative estimate of drug-likeness (QED) is 0.400. The fourth-order valence-corrected chi connectivity index (χ4v) is 2.19. The van der Waals surface area contributed by atoms with E-state index < -0.39 is 42.3 Å². The van der Waals surface area contributed by atoms with Crippen molar-refractivity contribution in [2.75, 3.05) is 6.61 Å². The average molecular weight is 285 g/mol. The molecular weight excluding hydrogens is 274 g/mol. The number of rotatable bonds is 2. The minimum atomic E-state index is -1.37. The molecule has 20 heavy (non-hydrogen) atoms. The highest BCUT2D eigenvalue weighted by atomic mass is 16.6. The molecule has 10 heteroatoms. The van der Waals surface area contributed by atoms with E-state index in [0.717, 1.165) is 0 Å². The summed E-state index contributed by atoms with van der Waals surface area (Å²) in [6, 6.07) is 0. The maximum Gasteiger partial charge on any atom is 0.419 e. The van der Waals surface area contributed by atoms with Crippen molar-refractivity contribution in [2.24, 2.45) is 0 Å². The zero-order valence-corrected chi connectivity index (χ0v) is 9.94. The number of H-pyrrole nitrogens is 2. The number of aromatic amines is 2. The van der Waals surface area contributed by atoms with Crippen LogP contribution < -0.4 is 11.3 Å². The molecule has 3 rings (SSSR count). The minimum absolute atomic E-state index is 0.0225. The summed E-state index contributed by atoms with van der Waals surface area (Å²) in [6.45, 7) is -0.498.